The van der Waals surface area contributed by atoms with Crippen molar-refractivity contribution in [3.63, 3.8) is 0 Å². The number of nitrogens with one attached hydrogen (secondary N) is 2. The van der Waals surface area contributed by atoms with Crippen molar-refractivity contribution in [2.75, 3.05) is 20.7 Å². The maximum Gasteiger partial charge on any atom is 0.191 e. The summed E-state index contributed by atoms with van der Waals surface area (Å²) in [5.41, 5.74) is 2.22. The number of ether oxygens (including phenoxy) is 1. The molecule has 24 heavy (non-hydrogen) atoms. The first-order valence-electron chi connectivity index (χ1n) is 7.96. The molecule has 0 saturated heterocycles. The molecule has 1 atom stereocenters. The zero-order chi connectivity index (χ0) is 17.4. The Hall–Kier alpha value is -2.20. The number of para-hydroxylation sites is 1. The molecule has 1 unspecified atom stereocenters. The lowest BCUT2D eigenvalue weighted by Crippen LogP contribution is -2.38. The Bertz CT molecular complexity index is 688. The second kappa shape index (κ2) is 9.18. The van der Waals surface area contributed by atoms with Crippen molar-refractivity contribution >= 4 is 17.6 Å². The molecule has 2 N–H and O–H groups in total. The summed E-state index contributed by atoms with van der Waals surface area (Å²) in [6, 6.07) is 15.9. The predicted molar refractivity (Wildman–Crippen MR) is 101 cm³/mol. The van der Waals surface area contributed by atoms with Crippen LogP contribution in [-0.4, -0.2) is 26.7 Å². The molecule has 4 nitrogen and oxygen atoms in total. The fourth-order valence-corrected chi connectivity index (χ4v) is 2.68. The molecule has 2 aromatic carbocycles. The van der Waals surface area contributed by atoms with Crippen molar-refractivity contribution < 1.29 is 4.74 Å². The van der Waals surface area contributed by atoms with Crippen LogP contribution in [0.3, 0.4) is 0 Å². The van der Waals surface area contributed by atoms with Gasteiger partial charge in [-0.15, -0.1) is 0 Å². The van der Waals surface area contributed by atoms with Crippen molar-refractivity contribution in [3.8, 4) is 5.75 Å². The minimum absolute atomic E-state index is 0.292. The minimum Gasteiger partial charge on any atom is -0.496 e. The molecule has 0 saturated carbocycles. The lowest BCUT2D eigenvalue weighted by Gasteiger charge is -2.18. The summed E-state index contributed by atoms with van der Waals surface area (Å²) in [6.07, 6.45) is 0. The summed E-state index contributed by atoms with van der Waals surface area (Å²) < 4.78 is 5.43. The largest absolute Gasteiger partial charge is 0.496 e. The fourth-order valence-electron chi connectivity index (χ4n) is 2.47. The number of hydrogen-bond acceptors (Lipinski definition) is 2. The van der Waals surface area contributed by atoms with Gasteiger partial charge < -0.3 is 15.4 Å². The van der Waals surface area contributed by atoms with Crippen LogP contribution in [0.1, 0.15) is 24.0 Å². The van der Waals surface area contributed by atoms with Crippen molar-refractivity contribution in [1.82, 2.24) is 10.6 Å². The number of nitrogens with zero attached hydrogens (tertiary/aromatic N) is 1. The molecule has 0 spiro atoms. The van der Waals surface area contributed by atoms with Gasteiger partial charge in [-0.1, -0.05) is 54.9 Å². The quantitative estimate of drug-likeness (QED) is 0.618. The summed E-state index contributed by atoms with van der Waals surface area (Å²) in [5.74, 6) is 1.95. The van der Waals surface area contributed by atoms with E-state index in [9.17, 15) is 0 Å². The highest BCUT2D eigenvalue weighted by atomic mass is 35.5. The number of benzene rings is 2. The first-order valence-corrected chi connectivity index (χ1v) is 8.34. The lowest BCUT2D eigenvalue weighted by atomic mass is 10.0. The first kappa shape index (κ1) is 18.1. The van der Waals surface area contributed by atoms with Crippen LogP contribution in [0.4, 0.5) is 0 Å². The molecule has 0 aliphatic rings. The molecule has 0 aliphatic carbocycles. The zero-order valence-corrected chi connectivity index (χ0v) is 15.1. The minimum atomic E-state index is 0.292. The molecule has 0 aromatic heterocycles. The molecule has 0 amide bonds. The molecule has 0 fully saturated rings. The van der Waals surface area contributed by atoms with Gasteiger partial charge in [0.15, 0.2) is 5.96 Å². The third-order valence-electron chi connectivity index (χ3n) is 3.87. The molecule has 2 rings (SSSR count). The van der Waals surface area contributed by atoms with Crippen LogP contribution in [-0.2, 0) is 6.54 Å². The van der Waals surface area contributed by atoms with E-state index in [2.05, 4.69) is 28.6 Å². The van der Waals surface area contributed by atoms with Gasteiger partial charge in [0.05, 0.1) is 7.11 Å². The molecule has 0 aliphatic heterocycles. The van der Waals surface area contributed by atoms with E-state index in [0.29, 0.717) is 12.5 Å². The third-order valence-corrected chi connectivity index (χ3v) is 4.24. The summed E-state index contributed by atoms with van der Waals surface area (Å²) in [7, 11) is 3.46. The van der Waals surface area contributed by atoms with Crippen LogP contribution in [0.2, 0.25) is 5.02 Å². The van der Waals surface area contributed by atoms with E-state index in [1.54, 1.807) is 14.2 Å². The normalized spacial score (nSPS) is 12.6. The zero-order valence-electron chi connectivity index (χ0n) is 14.3. The maximum atomic E-state index is 6.18. The molecule has 5 heteroatoms. The molecule has 0 radical (unpaired) electrons. The smallest absolute Gasteiger partial charge is 0.191 e. The second-order valence-corrected chi connectivity index (χ2v) is 5.95. The highest BCUT2D eigenvalue weighted by Crippen LogP contribution is 2.25. The van der Waals surface area contributed by atoms with Crippen LogP contribution in [0.5, 0.6) is 5.75 Å². The summed E-state index contributed by atoms with van der Waals surface area (Å²) in [5, 5.41) is 7.39. The van der Waals surface area contributed by atoms with Gasteiger partial charge in [-0.25, -0.2) is 0 Å². The molecule has 0 bridgehead atoms. The van der Waals surface area contributed by atoms with Gasteiger partial charge in [-0.2, -0.15) is 0 Å². The number of halogens is 1. The molecular formula is C19H24ClN3O. The lowest BCUT2D eigenvalue weighted by molar-refractivity contribution is 0.406. The molecular weight excluding hydrogens is 322 g/mol. The Morgan fingerprint density at radius 3 is 2.54 bits per heavy atom. The summed E-state index contributed by atoms with van der Waals surface area (Å²) >= 11 is 6.18. The number of guanidine groups is 1. The van der Waals surface area contributed by atoms with E-state index in [1.165, 1.54) is 5.56 Å². The van der Waals surface area contributed by atoms with Gasteiger partial charge >= 0.3 is 0 Å². The van der Waals surface area contributed by atoms with Crippen LogP contribution in [0.25, 0.3) is 0 Å². The average Bonchev–Trinajstić information content (AvgIpc) is 2.62. The van der Waals surface area contributed by atoms with Crippen molar-refractivity contribution in [1.29, 1.82) is 0 Å². The number of aliphatic imine (C=N–C) groups is 1. The van der Waals surface area contributed by atoms with E-state index < -0.39 is 0 Å². The van der Waals surface area contributed by atoms with E-state index in [4.69, 9.17) is 16.3 Å². The van der Waals surface area contributed by atoms with Gasteiger partial charge in [0.2, 0.25) is 0 Å². The Labute approximate surface area is 148 Å². The molecule has 2 aromatic rings. The van der Waals surface area contributed by atoms with Gasteiger partial charge in [0, 0.05) is 31.1 Å². The Kier molecular flexibility index (Phi) is 6.94. The Morgan fingerprint density at radius 1 is 1.12 bits per heavy atom. The van der Waals surface area contributed by atoms with E-state index in [0.717, 1.165) is 28.8 Å². The van der Waals surface area contributed by atoms with Gasteiger partial charge in [-0.3, -0.25) is 4.99 Å². The Morgan fingerprint density at radius 2 is 1.83 bits per heavy atom. The topological polar surface area (TPSA) is 45.7 Å². The standard InChI is InChI=1S/C19H24ClN3O/c1-14(16-9-5-7-11-18(16)24-3)12-22-19(21-2)23-13-15-8-4-6-10-17(15)20/h4-11,14H,12-13H2,1-3H3,(H2,21,22,23). The molecule has 0 heterocycles. The average molecular weight is 346 g/mol. The SMILES string of the molecule is CN=C(NCc1ccccc1Cl)NCC(C)c1ccccc1OC. The van der Waals surface area contributed by atoms with E-state index in [1.807, 2.05) is 42.5 Å². The van der Waals surface area contributed by atoms with Gasteiger partial charge in [-0.05, 0) is 23.3 Å². The third kappa shape index (κ3) is 4.90. The number of hydrogen-bond donors (Lipinski definition) is 2. The fraction of sp³-hybridized carbons (Fsp3) is 0.316. The second-order valence-electron chi connectivity index (χ2n) is 5.54. The predicted octanol–water partition coefficient (Wildman–Crippen LogP) is 3.82. The van der Waals surface area contributed by atoms with Crippen molar-refractivity contribution in [2.24, 2.45) is 4.99 Å². The first-order chi connectivity index (χ1) is 11.7. The van der Waals surface area contributed by atoms with Crippen LogP contribution in [0, 0.1) is 0 Å². The summed E-state index contributed by atoms with van der Waals surface area (Å²) in [4.78, 5) is 4.26. The van der Waals surface area contributed by atoms with Gasteiger partial charge in [0.1, 0.15) is 5.75 Å². The van der Waals surface area contributed by atoms with Crippen LogP contribution in [0.15, 0.2) is 53.5 Å². The highest BCUT2D eigenvalue weighted by molar-refractivity contribution is 6.31. The molecule has 128 valence electrons. The Balaban J connectivity index is 1.90. The maximum absolute atomic E-state index is 6.18. The number of methoxy groups -OCH3 is 1. The van der Waals surface area contributed by atoms with Crippen molar-refractivity contribution in [2.45, 2.75) is 19.4 Å². The van der Waals surface area contributed by atoms with E-state index in [-0.39, 0.29) is 0 Å². The highest BCUT2D eigenvalue weighted by Gasteiger charge is 2.11. The van der Waals surface area contributed by atoms with Crippen LogP contribution < -0.4 is 15.4 Å². The van der Waals surface area contributed by atoms with E-state index >= 15 is 0 Å². The van der Waals surface area contributed by atoms with Crippen molar-refractivity contribution in [3.05, 3.63) is 64.7 Å². The number of rotatable bonds is 6. The van der Waals surface area contributed by atoms with Crippen LogP contribution >= 0.6 is 11.6 Å². The monoisotopic (exact) mass is 345 g/mol. The van der Waals surface area contributed by atoms with Gasteiger partial charge in [0.25, 0.3) is 0 Å². The summed E-state index contributed by atoms with van der Waals surface area (Å²) in [6.45, 7) is 3.54.